The van der Waals surface area contributed by atoms with Gasteiger partial charge in [0.05, 0.1) is 0 Å². The van der Waals surface area contributed by atoms with Crippen molar-refractivity contribution in [2.24, 2.45) is 5.92 Å². The third-order valence-electron chi connectivity index (χ3n) is 4.92. The van der Waals surface area contributed by atoms with E-state index in [1.807, 2.05) is 28.8 Å². The van der Waals surface area contributed by atoms with Gasteiger partial charge in [0.1, 0.15) is 18.2 Å². The molecule has 3 aromatic rings. The molecule has 1 atom stereocenters. The van der Waals surface area contributed by atoms with Gasteiger partial charge >= 0.3 is 0 Å². The number of rotatable bonds is 4. The second-order valence-electron chi connectivity index (χ2n) is 6.86. The average molecular weight is 350 g/mol. The normalized spacial score (nSPS) is 19.2. The summed E-state index contributed by atoms with van der Waals surface area (Å²) in [6.45, 7) is 0. The van der Waals surface area contributed by atoms with Crippen molar-refractivity contribution in [2.45, 2.75) is 38.1 Å². The second kappa shape index (κ2) is 6.05. The molecule has 0 saturated heterocycles. The number of fused-ring (bicyclic) bond motifs is 1. The SMILES string of the molecule is O=C(Nc1cccc(-c2noc(C3CCCc4nncn43)n2)c1)C1CC1. The van der Waals surface area contributed by atoms with Gasteiger partial charge in [0.2, 0.25) is 17.6 Å². The Morgan fingerprint density at radius 2 is 2.19 bits per heavy atom. The Morgan fingerprint density at radius 3 is 3.08 bits per heavy atom. The molecular weight excluding hydrogens is 332 g/mol. The zero-order valence-corrected chi connectivity index (χ0v) is 14.1. The van der Waals surface area contributed by atoms with Gasteiger partial charge in [-0.05, 0) is 37.8 Å². The molecule has 2 aromatic heterocycles. The van der Waals surface area contributed by atoms with E-state index in [4.69, 9.17) is 4.52 Å². The summed E-state index contributed by atoms with van der Waals surface area (Å²) >= 11 is 0. The second-order valence-corrected chi connectivity index (χ2v) is 6.86. The van der Waals surface area contributed by atoms with Crippen molar-refractivity contribution in [3.8, 4) is 11.4 Å². The molecule has 26 heavy (non-hydrogen) atoms. The van der Waals surface area contributed by atoms with E-state index in [0.717, 1.165) is 49.2 Å². The molecule has 0 radical (unpaired) electrons. The number of amides is 1. The minimum absolute atomic E-state index is 0.0206. The van der Waals surface area contributed by atoms with Gasteiger partial charge in [-0.15, -0.1) is 10.2 Å². The highest BCUT2D eigenvalue weighted by Crippen LogP contribution is 2.32. The van der Waals surface area contributed by atoms with Crippen LogP contribution in [0.15, 0.2) is 35.1 Å². The van der Waals surface area contributed by atoms with Crippen molar-refractivity contribution < 1.29 is 9.32 Å². The van der Waals surface area contributed by atoms with Crippen LogP contribution in [0.25, 0.3) is 11.4 Å². The van der Waals surface area contributed by atoms with E-state index in [1.165, 1.54) is 0 Å². The largest absolute Gasteiger partial charge is 0.337 e. The highest BCUT2D eigenvalue weighted by atomic mass is 16.5. The van der Waals surface area contributed by atoms with Gasteiger partial charge in [0.15, 0.2) is 0 Å². The molecule has 1 amide bonds. The zero-order chi connectivity index (χ0) is 17.5. The number of hydrogen-bond donors (Lipinski definition) is 1. The number of carbonyl (C=O) groups is 1. The van der Waals surface area contributed by atoms with E-state index in [0.29, 0.717) is 11.7 Å². The van der Waals surface area contributed by atoms with Crippen molar-refractivity contribution in [1.82, 2.24) is 24.9 Å². The van der Waals surface area contributed by atoms with Crippen LogP contribution >= 0.6 is 0 Å². The lowest BCUT2D eigenvalue weighted by molar-refractivity contribution is -0.117. The quantitative estimate of drug-likeness (QED) is 0.776. The van der Waals surface area contributed by atoms with Crippen LogP contribution in [0.5, 0.6) is 0 Å². The van der Waals surface area contributed by atoms with Gasteiger partial charge in [-0.3, -0.25) is 4.79 Å². The van der Waals surface area contributed by atoms with Crippen molar-refractivity contribution >= 4 is 11.6 Å². The lowest BCUT2D eigenvalue weighted by Crippen LogP contribution is -2.18. The van der Waals surface area contributed by atoms with E-state index in [-0.39, 0.29) is 17.9 Å². The Morgan fingerprint density at radius 1 is 1.27 bits per heavy atom. The molecule has 1 unspecified atom stereocenters. The fourth-order valence-corrected chi connectivity index (χ4v) is 3.35. The molecule has 1 aliphatic heterocycles. The number of carbonyl (C=O) groups excluding carboxylic acids is 1. The maximum atomic E-state index is 11.9. The van der Waals surface area contributed by atoms with Gasteiger partial charge in [0.25, 0.3) is 0 Å². The Bertz CT molecular complexity index is 958. The van der Waals surface area contributed by atoms with E-state index in [2.05, 4.69) is 25.7 Å². The average Bonchev–Trinajstić information content (AvgIpc) is 3.20. The van der Waals surface area contributed by atoms with E-state index >= 15 is 0 Å². The first kappa shape index (κ1) is 15.2. The van der Waals surface area contributed by atoms with Gasteiger partial charge in [0, 0.05) is 23.6 Å². The summed E-state index contributed by atoms with van der Waals surface area (Å²) in [5.41, 5.74) is 1.57. The van der Waals surface area contributed by atoms with Crippen LogP contribution in [0.4, 0.5) is 5.69 Å². The number of aryl methyl sites for hydroxylation is 1. The summed E-state index contributed by atoms with van der Waals surface area (Å²) in [5.74, 6) is 2.28. The Hall–Kier alpha value is -3.03. The van der Waals surface area contributed by atoms with Crippen LogP contribution in [-0.4, -0.2) is 30.8 Å². The summed E-state index contributed by atoms with van der Waals surface area (Å²) < 4.78 is 7.54. The number of nitrogens with zero attached hydrogens (tertiary/aromatic N) is 5. The summed E-state index contributed by atoms with van der Waals surface area (Å²) in [7, 11) is 0. The van der Waals surface area contributed by atoms with Crippen LogP contribution in [0, 0.1) is 5.92 Å². The minimum atomic E-state index is -0.0206. The molecule has 3 heterocycles. The molecule has 0 spiro atoms. The van der Waals surface area contributed by atoms with Gasteiger partial charge < -0.3 is 14.4 Å². The molecule has 1 saturated carbocycles. The molecule has 132 valence electrons. The summed E-state index contributed by atoms with van der Waals surface area (Å²) in [5, 5.41) is 15.2. The minimum Gasteiger partial charge on any atom is -0.337 e. The fraction of sp³-hybridized carbons (Fsp3) is 0.389. The van der Waals surface area contributed by atoms with Crippen LogP contribution in [0.3, 0.4) is 0 Å². The Balaban J connectivity index is 1.40. The molecule has 1 N–H and O–H groups in total. The standard InChI is InChI=1S/C18H18N6O2/c25-17(11-7-8-11)20-13-4-1-3-12(9-13)16-21-18(26-23-16)14-5-2-6-15-22-19-10-24(14)15/h1,3-4,9-11,14H,2,5-8H2,(H,20,25). The van der Waals surface area contributed by atoms with Crippen LogP contribution in [0.1, 0.15) is 43.4 Å². The highest BCUT2D eigenvalue weighted by molar-refractivity contribution is 5.94. The van der Waals surface area contributed by atoms with Crippen molar-refractivity contribution in [3.05, 3.63) is 42.3 Å². The molecule has 1 aromatic carbocycles. The van der Waals surface area contributed by atoms with Crippen molar-refractivity contribution in [2.75, 3.05) is 5.32 Å². The maximum absolute atomic E-state index is 11.9. The van der Waals surface area contributed by atoms with E-state index < -0.39 is 0 Å². The summed E-state index contributed by atoms with van der Waals surface area (Å²) in [4.78, 5) is 16.5. The van der Waals surface area contributed by atoms with E-state index in [9.17, 15) is 4.79 Å². The number of benzene rings is 1. The third-order valence-corrected chi connectivity index (χ3v) is 4.92. The Kier molecular flexibility index (Phi) is 3.55. The molecular formula is C18H18N6O2. The maximum Gasteiger partial charge on any atom is 0.250 e. The Labute approximate surface area is 149 Å². The molecule has 1 fully saturated rings. The first-order valence-corrected chi connectivity index (χ1v) is 8.91. The zero-order valence-electron chi connectivity index (χ0n) is 14.1. The van der Waals surface area contributed by atoms with Crippen LogP contribution in [0.2, 0.25) is 0 Å². The summed E-state index contributed by atoms with van der Waals surface area (Å²) in [6.07, 6.45) is 6.53. The molecule has 0 bridgehead atoms. The first-order chi connectivity index (χ1) is 12.8. The molecule has 1 aliphatic carbocycles. The third kappa shape index (κ3) is 2.77. The van der Waals surface area contributed by atoms with Crippen LogP contribution in [-0.2, 0) is 11.2 Å². The number of hydrogen-bond acceptors (Lipinski definition) is 6. The molecule has 2 aliphatic rings. The smallest absolute Gasteiger partial charge is 0.250 e. The van der Waals surface area contributed by atoms with Gasteiger partial charge in [-0.25, -0.2) is 0 Å². The number of anilines is 1. The molecule has 8 nitrogen and oxygen atoms in total. The van der Waals surface area contributed by atoms with Crippen molar-refractivity contribution in [3.63, 3.8) is 0 Å². The number of aromatic nitrogens is 5. The van der Waals surface area contributed by atoms with E-state index in [1.54, 1.807) is 6.33 Å². The predicted octanol–water partition coefficient (Wildman–Crippen LogP) is 2.60. The van der Waals surface area contributed by atoms with Gasteiger partial charge in [-0.2, -0.15) is 4.98 Å². The topological polar surface area (TPSA) is 98.7 Å². The molecule has 8 heteroatoms. The van der Waals surface area contributed by atoms with Crippen LogP contribution < -0.4 is 5.32 Å². The lowest BCUT2D eigenvalue weighted by Gasteiger charge is -2.20. The predicted molar refractivity (Wildman–Crippen MR) is 92.2 cm³/mol. The van der Waals surface area contributed by atoms with Gasteiger partial charge in [-0.1, -0.05) is 17.3 Å². The number of nitrogens with one attached hydrogen (secondary N) is 1. The monoisotopic (exact) mass is 350 g/mol. The first-order valence-electron chi connectivity index (χ1n) is 8.91. The fourth-order valence-electron chi connectivity index (χ4n) is 3.35. The molecule has 5 rings (SSSR count). The lowest BCUT2D eigenvalue weighted by atomic mass is 10.0. The summed E-state index contributed by atoms with van der Waals surface area (Å²) in [6, 6.07) is 7.52. The van der Waals surface area contributed by atoms with Crippen molar-refractivity contribution in [1.29, 1.82) is 0 Å². The highest BCUT2D eigenvalue weighted by Gasteiger charge is 2.30.